The number of anilines is 2. The molecule has 0 fully saturated rings. The van der Waals surface area contributed by atoms with E-state index in [4.69, 9.17) is 21.1 Å². The Morgan fingerprint density at radius 2 is 1.51 bits per heavy atom. The summed E-state index contributed by atoms with van der Waals surface area (Å²) in [5, 5.41) is 3.13. The molecule has 1 amide bonds. The molecule has 4 aromatic carbocycles. The lowest BCUT2D eigenvalue weighted by Crippen LogP contribution is -2.38. The van der Waals surface area contributed by atoms with Gasteiger partial charge in [0.25, 0.3) is 10.0 Å². The standard InChI is InChI=1S/C28H25ClN2O5S/c1-2-35-23-14-16-25(17-15-23)37(33,34)31(22-9-5-3-6-10-22)20-28(32)30-26-19-21(29)13-18-27(26)36-24-11-7-4-8-12-24/h3-19H,2,20H2,1H3,(H,30,32). The summed E-state index contributed by atoms with van der Waals surface area (Å²) in [5.41, 5.74) is 0.659. The molecule has 37 heavy (non-hydrogen) atoms. The lowest BCUT2D eigenvalue weighted by atomic mass is 10.2. The van der Waals surface area contributed by atoms with Crippen LogP contribution in [0.3, 0.4) is 0 Å². The molecular weight excluding hydrogens is 512 g/mol. The quantitative estimate of drug-likeness (QED) is 0.255. The van der Waals surface area contributed by atoms with Gasteiger partial charge >= 0.3 is 0 Å². The molecule has 0 aliphatic heterocycles. The second kappa shape index (κ2) is 11.8. The molecule has 9 heteroatoms. The number of para-hydroxylation sites is 2. The summed E-state index contributed by atoms with van der Waals surface area (Å²) in [6, 6.07) is 28.4. The van der Waals surface area contributed by atoms with Gasteiger partial charge < -0.3 is 14.8 Å². The number of halogens is 1. The van der Waals surface area contributed by atoms with E-state index in [1.54, 1.807) is 72.8 Å². The summed E-state index contributed by atoms with van der Waals surface area (Å²) >= 11 is 6.17. The lowest BCUT2D eigenvalue weighted by Gasteiger charge is -2.24. The van der Waals surface area contributed by atoms with Crippen LogP contribution < -0.4 is 19.1 Å². The third-order valence-electron chi connectivity index (χ3n) is 5.24. The monoisotopic (exact) mass is 536 g/mol. The van der Waals surface area contributed by atoms with E-state index in [2.05, 4.69) is 5.32 Å². The molecule has 190 valence electrons. The number of carbonyl (C=O) groups excluding carboxylic acids is 1. The first-order valence-corrected chi connectivity index (χ1v) is 13.3. The van der Waals surface area contributed by atoms with Crippen molar-refractivity contribution in [1.29, 1.82) is 0 Å². The minimum Gasteiger partial charge on any atom is -0.494 e. The van der Waals surface area contributed by atoms with Crippen LogP contribution in [0.25, 0.3) is 0 Å². The summed E-state index contributed by atoms with van der Waals surface area (Å²) in [7, 11) is -4.08. The van der Waals surface area contributed by atoms with Crippen molar-refractivity contribution in [3.63, 3.8) is 0 Å². The van der Waals surface area contributed by atoms with Crippen molar-refractivity contribution in [2.75, 3.05) is 22.8 Å². The maximum absolute atomic E-state index is 13.6. The molecule has 0 saturated heterocycles. The van der Waals surface area contributed by atoms with Crippen LogP contribution in [0, 0.1) is 0 Å². The Morgan fingerprint density at radius 3 is 2.16 bits per heavy atom. The molecule has 0 aliphatic carbocycles. The number of hydrogen-bond acceptors (Lipinski definition) is 5. The van der Waals surface area contributed by atoms with E-state index in [1.165, 1.54) is 12.1 Å². The van der Waals surface area contributed by atoms with Crippen LogP contribution in [-0.2, 0) is 14.8 Å². The van der Waals surface area contributed by atoms with Gasteiger partial charge in [0.15, 0.2) is 5.75 Å². The van der Waals surface area contributed by atoms with Gasteiger partial charge in [-0.05, 0) is 73.7 Å². The molecule has 0 heterocycles. The van der Waals surface area contributed by atoms with E-state index in [-0.39, 0.29) is 4.90 Å². The molecule has 4 aromatic rings. The molecular formula is C28H25ClN2O5S. The van der Waals surface area contributed by atoms with Gasteiger partial charge in [0, 0.05) is 5.02 Å². The van der Waals surface area contributed by atoms with E-state index >= 15 is 0 Å². The van der Waals surface area contributed by atoms with Gasteiger partial charge in [0.1, 0.15) is 18.0 Å². The van der Waals surface area contributed by atoms with Crippen LogP contribution in [0.5, 0.6) is 17.2 Å². The van der Waals surface area contributed by atoms with Gasteiger partial charge in [-0.15, -0.1) is 0 Å². The summed E-state index contributed by atoms with van der Waals surface area (Å²) < 4.78 is 39.6. The molecule has 1 N–H and O–H groups in total. The van der Waals surface area contributed by atoms with Crippen LogP contribution in [0.15, 0.2) is 108 Å². The highest BCUT2D eigenvalue weighted by molar-refractivity contribution is 7.92. The van der Waals surface area contributed by atoms with Crippen molar-refractivity contribution in [3.8, 4) is 17.2 Å². The van der Waals surface area contributed by atoms with Gasteiger partial charge in [-0.25, -0.2) is 8.42 Å². The number of carbonyl (C=O) groups is 1. The molecule has 4 rings (SSSR count). The normalized spacial score (nSPS) is 11.0. The van der Waals surface area contributed by atoms with Crippen molar-refractivity contribution >= 4 is 38.9 Å². The molecule has 0 unspecified atom stereocenters. The van der Waals surface area contributed by atoms with Gasteiger partial charge in [0.05, 0.1) is 22.9 Å². The highest BCUT2D eigenvalue weighted by Crippen LogP contribution is 2.32. The van der Waals surface area contributed by atoms with Crippen LogP contribution in [-0.4, -0.2) is 27.5 Å². The van der Waals surface area contributed by atoms with Gasteiger partial charge in [0.2, 0.25) is 5.91 Å². The maximum atomic E-state index is 13.6. The highest BCUT2D eigenvalue weighted by Gasteiger charge is 2.27. The summed E-state index contributed by atoms with van der Waals surface area (Å²) in [6.07, 6.45) is 0. The summed E-state index contributed by atoms with van der Waals surface area (Å²) in [5.74, 6) is 0.921. The largest absolute Gasteiger partial charge is 0.494 e. The zero-order valence-electron chi connectivity index (χ0n) is 20.0. The van der Waals surface area contributed by atoms with Crippen LogP contribution in [0.4, 0.5) is 11.4 Å². The number of rotatable bonds is 10. The second-order valence-corrected chi connectivity index (χ2v) is 10.2. The van der Waals surface area contributed by atoms with Crippen molar-refractivity contribution in [1.82, 2.24) is 0 Å². The fourth-order valence-corrected chi connectivity index (χ4v) is 5.13. The van der Waals surface area contributed by atoms with E-state index < -0.39 is 22.5 Å². The SMILES string of the molecule is CCOc1ccc(S(=O)(=O)N(CC(=O)Nc2cc(Cl)ccc2Oc2ccccc2)c2ccccc2)cc1. The van der Waals surface area contributed by atoms with Crippen molar-refractivity contribution in [3.05, 3.63) is 108 Å². The average Bonchev–Trinajstić information content (AvgIpc) is 2.90. The number of hydrogen-bond donors (Lipinski definition) is 1. The molecule has 0 aromatic heterocycles. The Hall–Kier alpha value is -4.01. The highest BCUT2D eigenvalue weighted by atomic mass is 35.5. The molecule has 0 radical (unpaired) electrons. The predicted molar refractivity (Wildman–Crippen MR) is 145 cm³/mol. The predicted octanol–water partition coefficient (Wildman–Crippen LogP) is 6.37. The molecule has 0 spiro atoms. The first-order chi connectivity index (χ1) is 17.9. The zero-order valence-corrected chi connectivity index (χ0v) is 21.6. The minimum absolute atomic E-state index is 0.0310. The van der Waals surface area contributed by atoms with E-state index in [0.717, 1.165) is 4.31 Å². The third-order valence-corrected chi connectivity index (χ3v) is 7.26. The molecule has 0 atom stereocenters. The molecule has 0 aliphatic rings. The topological polar surface area (TPSA) is 84.9 Å². The minimum atomic E-state index is -4.08. The number of sulfonamides is 1. The summed E-state index contributed by atoms with van der Waals surface area (Å²) in [4.78, 5) is 13.2. The zero-order chi connectivity index (χ0) is 26.3. The number of benzene rings is 4. The number of ether oxygens (including phenoxy) is 2. The first kappa shape index (κ1) is 26.1. The number of nitrogens with one attached hydrogen (secondary N) is 1. The van der Waals surface area contributed by atoms with Gasteiger partial charge in [-0.1, -0.05) is 48.0 Å². The van der Waals surface area contributed by atoms with E-state index in [0.29, 0.717) is 40.3 Å². The van der Waals surface area contributed by atoms with Gasteiger partial charge in [-0.3, -0.25) is 9.10 Å². The Labute approximate surface area is 221 Å². The lowest BCUT2D eigenvalue weighted by molar-refractivity contribution is -0.114. The van der Waals surface area contributed by atoms with Crippen LogP contribution in [0.2, 0.25) is 5.02 Å². The average molecular weight is 537 g/mol. The Bertz CT molecular complexity index is 1450. The van der Waals surface area contributed by atoms with Crippen molar-refractivity contribution in [2.24, 2.45) is 0 Å². The van der Waals surface area contributed by atoms with Crippen LogP contribution >= 0.6 is 11.6 Å². The first-order valence-electron chi connectivity index (χ1n) is 11.5. The van der Waals surface area contributed by atoms with E-state index in [1.807, 2.05) is 25.1 Å². The fourth-order valence-electron chi connectivity index (χ4n) is 3.54. The van der Waals surface area contributed by atoms with Gasteiger partial charge in [-0.2, -0.15) is 0 Å². The molecule has 0 saturated carbocycles. The summed E-state index contributed by atoms with van der Waals surface area (Å²) in [6.45, 7) is 1.83. The fraction of sp³-hybridized carbons (Fsp3) is 0.107. The Morgan fingerprint density at radius 1 is 0.865 bits per heavy atom. The third kappa shape index (κ3) is 6.61. The maximum Gasteiger partial charge on any atom is 0.264 e. The smallest absolute Gasteiger partial charge is 0.264 e. The van der Waals surface area contributed by atoms with Crippen molar-refractivity contribution < 1.29 is 22.7 Å². The molecule has 0 bridgehead atoms. The Balaban J connectivity index is 1.61. The number of nitrogens with zero attached hydrogens (tertiary/aromatic N) is 1. The van der Waals surface area contributed by atoms with E-state index in [9.17, 15) is 13.2 Å². The Kier molecular flexibility index (Phi) is 8.32. The van der Waals surface area contributed by atoms with Crippen LogP contribution in [0.1, 0.15) is 6.92 Å². The molecule has 7 nitrogen and oxygen atoms in total. The second-order valence-electron chi connectivity index (χ2n) is 7.86. The number of amides is 1. The van der Waals surface area contributed by atoms with Crippen molar-refractivity contribution in [2.45, 2.75) is 11.8 Å².